The van der Waals surface area contributed by atoms with Gasteiger partial charge in [-0.2, -0.15) is 11.8 Å². The van der Waals surface area contributed by atoms with Crippen molar-refractivity contribution in [1.82, 2.24) is 0 Å². The highest BCUT2D eigenvalue weighted by molar-refractivity contribution is 7.99. The minimum atomic E-state index is 0. The average molecular weight is 309 g/mol. The van der Waals surface area contributed by atoms with Gasteiger partial charge in [-0.15, -0.1) is 11.8 Å². The highest BCUT2D eigenvalue weighted by Crippen LogP contribution is 2.15. The molecule has 0 aliphatic rings. The first-order valence-corrected chi connectivity index (χ1v) is 8.45. The Labute approximate surface area is 134 Å². The molecule has 2 aromatic rings. The van der Waals surface area contributed by atoms with Crippen LogP contribution in [0.3, 0.4) is 0 Å². The van der Waals surface area contributed by atoms with E-state index in [-0.39, 0.29) is 14.9 Å². The standard InChI is InChI=1S/2C8H10S.2CH4/c1-9-7-8-5-3-2-4-6-8;1-2-9-8-6-4-3-5-7-8;;/h2-6H,7H2,1H3;3-7H,2H2,1H3;2*1H4. The molecule has 0 amide bonds. The third-order valence-electron chi connectivity index (χ3n) is 2.21. The van der Waals surface area contributed by atoms with Crippen LogP contribution in [0.2, 0.25) is 0 Å². The van der Waals surface area contributed by atoms with Crippen LogP contribution in [0, 0.1) is 0 Å². The highest BCUT2D eigenvalue weighted by Gasteiger charge is 1.85. The van der Waals surface area contributed by atoms with Gasteiger partial charge in [-0.3, -0.25) is 0 Å². The van der Waals surface area contributed by atoms with Gasteiger partial charge in [-0.1, -0.05) is 70.3 Å². The van der Waals surface area contributed by atoms with Crippen molar-refractivity contribution in [3.05, 3.63) is 66.2 Å². The SMILES string of the molecule is C.C.CCSc1ccccc1.CSCc1ccccc1. The minimum absolute atomic E-state index is 0. The number of rotatable bonds is 4. The van der Waals surface area contributed by atoms with E-state index in [9.17, 15) is 0 Å². The third-order valence-corrected chi connectivity index (χ3v) is 3.72. The molecule has 0 saturated carbocycles. The van der Waals surface area contributed by atoms with Crippen LogP contribution in [0.4, 0.5) is 0 Å². The van der Waals surface area contributed by atoms with Crippen LogP contribution in [-0.2, 0) is 5.75 Å². The van der Waals surface area contributed by atoms with Crippen molar-refractivity contribution in [3.63, 3.8) is 0 Å². The summed E-state index contributed by atoms with van der Waals surface area (Å²) in [6.45, 7) is 2.16. The van der Waals surface area contributed by atoms with Crippen molar-refractivity contribution >= 4 is 23.5 Å². The molecular formula is C18H28S2. The molecule has 112 valence electrons. The number of hydrogen-bond donors (Lipinski definition) is 0. The Morgan fingerprint density at radius 1 is 0.800 bits per heavy atom. The molecule has 20 heavy (non-hydrogen) atoms. The molecule has 2 rings (SSSR count). The van der Waals surface area contributed by atoms with Crippen LogP contribution in [0.15, 0.2) is 65.6 Å². The normalized spacial score (nSPS) is 8.50. The van der Waals surface area contributed by atoms with Crippen LogP contribution in [0.25, 0.3) is 0 Å². The minimum Gasteiger partial charge on any atom is -0.161 e. The van der Waals surface area contributed by atoms with Gasteiger partial charge in [0.2, 0.25) is 0 Å². The van der Waals surface area contributed by atoms with E-state index in [1.54, 1.807) is 0 Å². The monoisotopic (exact) mass is 308 g/mol. The first-order chi connectivity index (χ1) is 8.86. The summed E-state index contributed by atoms with van der Waals surface area (Å²) < 4.78 is 0. The summed E-state index contributed by atoms with van der Waals surface area (Å²) >= 11 is 3.73. The van der Waals surface area contributed by atoms with Crippen LogP contribution >= 0.6 is 23.5 Å². The molecule has 0 saturated heterocycles. The fourth-order valence-corrected chi connectivity index (χ4v) is 2.63. The largest absolute Gasteiger partial charge is 0.161 e. The molecule has 2 heteroatoms. The van der Waals surface area contributed by atoms with Crippen molar-refractivity contribution in [2.45, 2.75) is 32.4 Å². The highest BCUT2D eigenvalue weighted by atomic mass is 32.2. The number of benzene rings is 2. The second-order valence-corrected chi connectivity index (χ2v) is 5.87. The topological polar surface area (TPSA) is 0 Å². The number of hydrogen-bond acceptors (Lipinski definition) is 2. The number of thioether (sulfide) groups is 2. The molecule has 0 atom stereocenters. The predicted octanol–water partition coefficient (Wildman–Crippen LogP) is 6.62. The van der Waals surface area contributed by atoms with Crippen LogP contribution in [0.1, 0.15) is 27.3 Å². The van der Waals surface area contributed by atoms with E-state index in [1.807, 2.05) is 35.7 Å². The van der Waals surface area contributed by atoms with Crippen LogP contribution in [-0.4, -0.2) is 12.0 Å². The molecule has 0 aromatic heterocycles. The predicted molar refractivity (Wildman–Crippen MR) is 100.0 cm³/mol. The average Bonchev–Trinajstić information content (AvgIpc) is 2.43. The molecule has 0 unspecified atom stereocenters. The lowest BCUT2D eigenvalue weighted by Gasteiger charge is -1.93. The van der Waals surface area contributed by atoms with Crippen molar-refractivity contribution in [2.75, 3.05) is 12.0 Å². The van der Waals surface area contributed by atoms with Crippen molar-refractivity contribution in [1.29, 1.82) is 0 Å². The summed E-state index contributed by atoms with van der Waals surface area (Å²) in [6.07, 6.45) is 2.12. The van der Waals surface area contributed by atoms with Gasteiger partial charge in [0.25, 0.3) is 0 Å². The molecule has 2 aromatic carbocycles. The van der Waals surface area contributed by atoms with E-state index in [0.717, 1.165) is 11.5 Å². The zero-order valence-corrected chi connectivity index (χ0v) is 12.6. The lowest BCUT2D eigenvalue weighted by Crippen LogP contribution is -1.74. The van der Waals surface area contributed by atoms with Gasteiger partial charge in [0, 0.05) is 10.6 Å². The Morgan fingerprint density at radius 3 is 1.75 bits per heavy atom. The van der Waals surface area contributed by atoms with Gasteiger partial charge in [0.15, 0.2) is 0 Å². The van der Waals surface area contributed by atoms with Gasteiger partial charge >= 0.3 is 0 Å². The molecule has 0 radical (unpaired) electrons. The lowest BCUT2D eigenvalue weighted by atomic mass is 10.2. The van der Waals surface area contributed by atoms with Gasteiger partial charge in [0.05, 0.1) is 0 Å². The fraction of sp³-hybridized carbons (Fsp3) is 0.333. The van der Waals surface area contributed by atoms with Gasteiger partial charge in [-0.05, 0) is 29.7 Å². The van der Waals surface area contributed by atoms with E-state index < -0.39 is 0 Å². The summed E-state index contributed by atoms with van der Waals surface area (Å²) in [6, 6.07) is 20.9. The van der Waals surface area contributed by atoms with Gasteiger partial charge in [0.1, 0.15) is 0 Å². The summed E-state index contributed by atoms with van der Waals surface area (Å²) in [5, 5.41) is 0. The Balaban J connectivity index is 0. The van der Waals surface area contributed by atoms with E-state index in [2.05, 4.69) is 61.7 Å². The second kappa shape index (κ2) is 14.5. The molecule has 0 aliphatic carbocycles. The molecule has 0 heterocycles. The van der Waals surface area contributed by atoms with Crippen LogP contribution < -0.4 is 0 Å². The third kappa shape index (κ3) is 9.99. The summed E-state index contributed by atoms with van der Waals surface area (Å²) in [5.74, 6) is 2.28. The Hall–Kier alpha value is -0.860. The van der Waals surface area contributed by atoms with Crippen molar-refractivity contribution in [2.24, 2.45) is 0 Å². The quantitative estimate of drug-likeness (QED) is 0.582. The first-order valence-electron chi connectivity index (χ1n) is 6.07. The maximum absolute atomic E-state index is 2.16. The maximum atomic E-state index is 2.16. The summed E-state index contributed by atoms with van der Waals surface area (Å²) in [7, 11) is 0. The lowest BCUT2D eigenvalue weighted by molar-refractivity contribution is 1.42. The smallest absolute Gasteiger partial charge is 0.0181 e. The molecule has 0 nitrogen and oxygen atoms in total. The van der Waals surface area contributed by atoms with Crippen LogP contribution in [0.5, 0.6) is 0 Å². The zero-order chi connectivity index (χ0) is 13.1. The van der Waals surface area contributed by atoms with Crippen molar-refractivity contribution < 1.29 is 0 Å². The van der Waals surface area contributed by atoms with Crippen molar-refractivity contribution in [3.8, 4) is 0 Å². The molecular weight excluding hydrogens is 280 g/mol. The Bertz CT molecular complexity index is 357. The Morgan fingerprint density at radius 2 is 1.30 bits per heavy atom. The van der Waals surface area contributed by atoms with E-state index in [4.69, 9.17) is 0 Å². The van der Waals surface area contributed by atoms with Gasteiger partial charge < -0.3 is 0 Å². The molecule has 0 bridgehead atoms. The molecule has 0 aliphatic heterocycles. The Kier molecular flexibility index (Phi) is 15.6. The maximum Gasteiger partial charge on any atom is 0.0181 e. The zero-order valence-electron chi connectivity index (χ0n) is 11.0. The van der Waals surface area contributed by atoms with E-state index >= 15 is 0 Å². The molecule has 0 spiro atoms. The second-order valence-electron chi connectivity index (χ2n) is 3.66. The first kappa shape index (κ1) is 21.4. The summed E-state index contributed by atoms with van der Waals surface area (Å²) in [4.78, 5) is 1.36. The summed E-state index contributed by atoms with van der Waals surface area (Å²) in [5.41, 5.74) is 1.41. The molecule has 0 fully saturated rings. The fourth-order valence-electron chi connectivity index (χ4n) is 1.42. The van der Waals surface area contributed by atoms with E-state index in [0.29, 0.717) is 0 Å². The molecule has 0 N–H and O–H groups in total. The van der Waals surface area contributed by atoms with Gasteiger partial charge in [-0.25, -0.2) is 0 Å². The van der Waals surface area contributed by atoms with E-state index in [1.165, 1.54) is 10.5 Å².